The molecular weight excluding hydrogens is 427 g/mol. The zero-order valence-corrected chi connectivity index (χ0v) is 17.6. The molecule has 1 atom stereocenters. The molecule has 1 aliphatic rings. The zero-order valence-electron chi connectivity index (χ0n) is 17.6. The van der Waals surface area contributed by atoms with Gasteiger partial charge in [-0.3, -0.25) is 19.7 Å². The smallest absolute Gasteiger partial charge is 0.291 e. The maximum atomic E-state index is 13.9. The number of rotatable bonds is 4. The molecule has 9 nitrogen and oxygen atoms in total. The van der Waals surface area contributed by atoms with Gasteiger partial charge < -0.3 is 15.0 Å². The van der Waals surface area contributed by atoms with E-state index in [4.69, 9.17) is 4.74 Å². The molecule has 2 aromatic carbocycles. The molecule has 5 rings (SSSR count). The molecule has 4 aromatic rings. The van der Waals surface area contributed by atoms with Crippen LogP contribution in [0.5, 0.6) is 5.75 Å². The summed E-state index contributed by atoms with van der Waals surface area (Å²) in [5, 5.41) is 10.9. The highest BCUT2D eigenvalue weighted by atomic mass is 19.1. The molecule has 0 bridgehead atoms. The van der Waals surface area contributed by atoms with Crippen LogP contribution in [0.25, 0.3) is 10.8 Å². The number of H-pyrrole nitrogens is 1. The quantitative estimate of drug-likeness (QED) is 0.497. The Labute approximate surface area is 187 Å². The molecule has 1 aliphatic heterocycles. The van der Waals surface area contributed by atoms with E-state index in [1.54, 1.807) is 43.7 Å². The number of amides is 2. The fourth-order valence-electron chi connectivity index (χ4n) is 3.81. The SMILES string of the molecule is CN1C(=O)[C@@H](NC(=O)c2n[nH]c(Cc3ccccc3F)n2)COc2ccc3cnccc3c21. The Morgan fingerprint density at radius 1 is 1.27 bits per heavy atom. The van der Waals surface area contributed by atoms with Crippen molar-refractivity contribution in [2.45, 2.75) is 12.5 Å². The van der Waals surface area contributed by atoms with Gasteiger partial charge in [-0.25, -0.2) is 9.37 Å². The van der Waals surface area contributed by atoms with Gasteiger partial charge in [-0.1, -0.05) is 18.2 Å². The Hall–Kier alpha value is -4.34. The maximum Gasteiger partial charge on any atom is 0.291 e. The van der Waals surface area contributed by atoms with E-state index >= 15 is 0 Å². The summed E-state index contributed by atoms with van der Waals surface area (Å²) in [7, 11) is 1.63. The molecule has 0 radical (unpaired) electrons. The average Bonchev–Trinajstić information content (AvgIpc) is 3.26. The van der Waals surface area contributed by atoms with Crippen molar-refractivity contribution >= 4 is 28.3 Å². The highest BCUT2D eigenvalue weighted by molar-refractivity contribution is 6.09. The first-order valence-electron chi connectivity index (χ1n) is 10.2. The first-order valence-corrected chi connectivity index (χ1v) is 10.2. The minimum atomic E-state index is -0.944. The molecule has 0 saturated heterocycles. The first-order chi connectivity index (χ1) is 16.0. The second-order valence-corrected chi connectivity index (χ2v) is 7.62. The number of hydrogen-bond donors (Lipinski definition) is 2. The lowest BCUT2D eigenvalue weighted by molar-refractivity contribution is -0.120. The summed E-state index contributed by atoms with van der Waals surface area (Å²) in [5.41, 5.74) is 1.04. The largest absolute Gasteiger partial charge is 0.489 e. The number of benzene rings is 2. The molecule has 10 heteroatoms. The van der Waals surface area contributed by atoms with Crippen molar-refractivity contribution in [2.24, 2.45) is 0 Å². The van der Waals surface area contributed by atoms with Gasteiger partial charge >= 0.3 is 0 Å². The van der Waals surface area contributed by atoms with Gasteiger partial charge in [0.2, 0.25) is 5.82 Å². The Bertz CT molecular complexity index is 1370. The number of aromatic amines is 1. The predicted octanol–water partition coefficient (Wildman–Crippen LogP) is 2.24. The third-order valence-corrected chi connectivity index (χ3v) is 5.48. The summed E-state index contributed by atoms with van der Waals surface area (Å²) in [5.74, 6) is -0.623. The Morgan fingerprint density at radius 3 is 2.97 bits per heavy atom. The molecule has 3 heterocycles. The Balaban J connectivity index is 1.33. The fraction of sp³-hybridized carbons (Fsp3) is 0.174. The van der Waals surface area contributed by atoms with Gasteiger partial charge in [0.1, 0.15) is 30.0 Å². The Kier molecular flexibility index (Phi) is 5.17. The fourth-order valence-corrected chi connectivity index (χ4v) is 3.81. The number of anilines is 1. The number of carbonyl (C=O) groups excluding carboxylic acids is 2. The predicted molar refractivity (Wildman–Crippen MR) is 117 cm³/mol. The van der Waals surface area contributed by atoms with Gasteiger partial charge in [0.15, 0.2) is 0 Å². The third-order valence-electron chi connectivity index (χ3n) is 5.48. The highest BCUT2D eigenvalue weighted by Crippen LogP contribution is 2.37. The molecule has 166 valence electrons. The minimum absolute atomic E-state index is 0.0506. The monoisotopic (exact) mass is 446 g/mol. The number of hydrogen-bond acceptors (Lipinski definition) is 6. The van der Waals surface area contributed by atoms with Gasteiger partial charge in [0, 0.05) is 36.6 Å². The molecule has 2 amide bonds. The van der Waals surface area contributed by atoms with Crippen LogP contribution in [-0.4, -0.2) is 51.7 Å². The van der Waals surface area contributed by atoms with E-state index < -0.39 is 11.9 Å². The van der Waals surface area contributed by atoms with Crippen molar-refractivity contribution in [3.05, 3.63) is 77.9 Å². The van der Waals surface area contributed by atoms with Gasteiger partial charge in [-0.2, -0.15) is 0 Å². The van der Waals surface area contributed by atoms with Crippen molar-refractivity contribution < 1.29 is 18.7 Å². The molecule has 2 aromatic heterocycles. The van der Waals surface area contributed by atoms with Crippen molar-refractivity contribution in [2.75, 3.05) is 18.6 Å². The summed E-state index contributed by atoms with van der Waals surface area (Å²) in [6.07, 6.45) is 3.51. The molecule has 0 unspecified atom stereocenters. The minimum Gasteiger partial charge on any atom is -0.489 e. The average molecular weight is 446 g/mol. The number of aromatic nitrogens is 4. The number of halogens is 1. The van der Waals surface area contributed by atoms with Gasteiger partial charge in [0.05, 0.1) is 5.69 Å². The number of fused-ring (bicyclic) bond motifs is 3. The summed E-state index contributed by atoms with van der Waals surface area (Å²) in [4.78, 5) is 35.6. The number of carbonyl (C=O) groups is 2. The van der Waals surface area contributed by atoms with Crippen LogP contribution in [0.1, 0.15) is 22.0 Å². The van der Waals surface area contributed by atoms with Crippen LogP contribution < -0.4 is 15.0 Å². The van der Waals surface area contributed by atoms with E-state index in [-0.39, 0.29) is 30.6 Å². The molecule has 0 saturated carbocycles. The molecule has 0 spiro atoms. The van der Waals surface area contributed by atoms with Crippen LogP contribution in [0.2, 0.25) is 0 Å². The van der Waals surface area contributed by atoms with Gasteiger partial charge in [-0.15, -0.1) is 5.10 Å². The van der Waals surface area contributed by atoms with E-state index in [9.17, 15) is 14.0 Å². The second-order valence-electron chi connectivity index (χ2n) is 7.62. The summed E-state index contributed by atoms with van der Waals surface area (Å²) in [6, 6.07) is 10.8. The van der Waals surface area contributed by atoms with Crippen LogP contribution in [-0.2, 0) is 11.2 Å². The van der Waals surface area contributed by atoms with Crippen LogP contribution in [0, 0.1) is 5.82 Å². The van der Waals surface area contributed by atoms with Crippen molar-refractivity contribution in [3.63, 3.8) is 0 Å². The number of pyridine rings is 1. The highest BCUT2D eigenvalue weighted by Gasteiger charge is 2.32. The van der Waals surface area contributed by atoms with Gasteiger partial charge in [-0.05, 0) is 29.8 Å². The normalized spacial score (nSPS) is 15.6. The third kappa shape index (κ3) is 3.86. The summed E-state index contributed by atoms with van der Waals surface area (Å²) >= 11 is 0. The number of ether oxygens (including phenoxy) is 1. The van der Waals surface area contributed by atoms with Crippen LogP contribution in [0.15, 0.2) is 54.9 Å². The van der Waals surface area contributed by atoms with E-state index in [1.807, 2.05) is 12.1 Å². The van der Waals surface area contributed by atoms with Crippen LogP contribution in [0.4, 0.5) is 10.1 Å². The van der Waals surface area contributed by atoms with Crippen molar-refractivity contribution in [1.29, 1.82) is 0 Å². The number of nitrogens with one attached hydrogen (secondary N) is 2. The molecule has 33 heavy (non-hydrogen) atoms. The van der Waals surface area contributed by atoms with Crippen molar-refractivity contribution in [1.82, 2.24) is 25.5 Å². The summed E-state index contributed by atoms with van der Waals surface area (Å²) < 4.78 is 19.7. The van der Waals surface area contributed by atoms with Crippen molar-refractivity contribution in [3.8, 4) is 5.75 Å². The maximum absolute atomic E-state index is 13.9. The lowest BCUT2D eigenvalue weighted by Gasteiger charge is -2.21. The summed E-state index contributed by atoms with van der Waals surface area (Å²) in [6.45, 7) is -0.0506. The standard InChI is InChI=1S/C23H19FN6O3/c1-30-20-15-8-9-25-11-14(15)6-7-18(20)33-12-17(23(30)32)26-22(31)21-27-19(28-29-21)10-13-4-2-3-5-16(13)24/h2-9,11,17H,10,12H2,1H3,(H,26,31)(H,27,28,29)/t17-/m0/s1. The number of nitrogens with zero attached hydrogens (tertiary/aromatic N) is 4. The van der Waals surface area contributed by atoms with E-state index in [1.165, 1.54) is 11.0 Å². The van der Waals surface area contributed by atoms with E-state index in [0.29, 0.717) is 22.8 Å². The van der Waals surface area contributed by atoms with E-state index in [0.717, 1.165) is 10.8 Å². The second kappa shape index (κ2) is 8.30. The van der Waals surface area contributed by atoms with E-state index in [2.05, 4.69) is 25.5 Å². The topological polar surface area (TPSA) is 113 Å². The molecule has 2 N–H and O–H groups in total. The lowest BCUT2D eigenvalue weighted by atomic mass is 10.1. The molecule has 0 aliphatic carbocycles. The first kappa shape index (κ1) is 20.6. The zero-order chi connectivity index (χ0) is 22.9. The van der Waals surface area contributed by atoms with Crippen LogP contribution in [0.3, 0.4) is 0 Å². The van der Waals surface area contributed by atoms with Crippen LogP contribution >= 0.6 is 0 Å². The van der Waals surface area contributed by atoms with Gasteiger partial charge in [0.25, 0.3) is 11.8 Å². The lowest BCUT2D eigenvalue weighted by Crippen LogP contribution is -2.49. The molecule has 0 fully saturated rings. The Morgan fingerprint density at radius 2 is 2.12 bits per heavy atom. The molecular formula is C23H19FN6O3. The number of likely N-dealkylation sites (N-methyl/N-ethyl adjacent to an activating group) is 1.